The predicted octanol–water partition coefficient (Wildman–Crippen LogP) is 2.37. The van der Waals surface area contributed by atoms with Gasteiger partial charge in [-0.05, 0) is 24.0 Å². The third-order valence-corrected chi connectivity index (χ3v) is 4.49. The van der Waals surface area contributed by atoms with Gasteiger partial charge in [-0.25, -0.2) is 4.98 Å². The summed E-state index contributed by atoms with van der Waals surface area (Å²) in [5.74, 6) is 1.32. The van der Waals surface area contributed by atoms with Gasteiger partial charge in [-0.1, -0.05) is 24.3 Å². The maximum absolute atomic E-state index is 12.6. The molecule has 1 aromatic heterocycles. The fraction of sp³-hybridized carbons (Fsp3) is 0.375. The number of rotatable bonds is 1. The summed E-state index contributed by atoms with van der Waals surface area (Å²) >= 11 is 0. The first-order valence-electron chi connectivity index (χ1n) is 7.17. The first-order valence-corrected chi connectivity index (χ1v) is 7.17. The van der Waals surface area contributed by atoms with Crippen molar-refractivity contribution in [2.24, 2.45) is 11.8 Å². The van der Waals surface area contributed by atoms with Crippen molar-refractivity contribution >= 4 is 41.6 Å². The van der Waals surface area contributed by atoms with Crippen LogP contribution in [0.5, 0.6) is 0 Å². The highest BCUT2D eigenvalue weighted by atomic mass is 35.5. The van der Waals surface area contributed by atoms with Crippen LogP contribution < -0.4 is 5.32 Å². The van der Waals surface area contributed by atoms with Crippen LogP contribution in [-0.2, 0) is 0 Å². The molecule has 1 amide bonds. The van der Waals surface area contributed by atoms with Gasteiger partial charge in [0.1, 0.15) is 5.69 Å². The van der Waals surface area contributed by atoms with Gasteiger partial charge in [-0.2, -0.15) is 0 Å². The number of halogens is 2. The molecule has 2 fully saturated rings. The standard InChI is InChI=1S/C16H17N3O.2ClH/c20-16(19-9-12-7-17-8-13(12)10-19)15-6-5-11-3-1-2-4-14(11)18-15;;/h1-6,12-13,17H,7-10H2;2*1H/t12-,13+;;. The molecule has 2 atom stereocenters. The third kappa shape index (κ3) is 2.91. The van der Waals surface area contributed by atoms with Crippen LogP contribution in [0.4, 0.5) is 0 Å². The number of carbonyl (C=O) groups is 1. The summed E-state index contributed by atoms with van der Waals surface area (Å²) in [6.45, 7) is 3.81. The van der Waals surface area contributed by atoms with Crippen molar-refractivity contribution in [1.82, 2.24) is 15.2 Å². The minimum absolute atomic E-state index is 0. The fourth-order valence-electron chi connectivity index (χ4n) is 3.37. The van der Waals surface area contributed by atoms with Crippen molar-refractivity contribution < 1.29 is 4.79 Å². The van der Waals surface area contributed by atoms with Gasteiger partial charge < -0.3 is 10.2 Å². The second kappa shape index (κ2) is 6.82. The minimum atomic E-state index is 0. The summed E-state index contributed by atoms with van der Waals surface area (Å²) in [5.41, 5.74) is 1.45. The zero-order chi connectivity index (χ0) is 13.5. The summed E-state index contributed by atoms with van der Waals surface area (Å²) in [6, 6.07) is 11.7. The van der Waals surface area contributed by atoms with Crippen LogP contribution in [0.1, 0.15) is 10.5 Å². The smallest absolute Gasteiger partial charge is 0.272 e. The lowest BCUT2D eigenvalue weighted by Gasteiger charge is -2.17. The van der Waals surface area contributed by atoms with E-state index in [1.165, 1.54) is 0 Å². The fourth-order valence-corrected chi connectivity index (χ4v) is 3.37. The Kier molecular flexibility index (Phi) is 5.27. The first kappa shape index (κ1) is 17.0. The summed E-state index contributed by atoms with van der Waals surface area (Å²) in [6.07, 6.45) is 0. The highest BCUT2D eigenvalue weighted by molar-refractivity contribution is 5.95. The van der Waals surface area contributed by atoms with Gasteiger partial charge in [0.05, 0.1) is 5.52 Å². The lowest BCUT2D eigenvalue weighted by atomic mass is 10.0. The normalized spacial score (nSPS) is 22.8. The molecule has 2 aliphatic heterocycles. The second-order valence-electron chi connectivity index (χ2n) is 5.78. The number of fused-ring (bicyclic) bond motifs is 2. The van der Waals surface area contributed by atoms with Gasteiger partial charge in [-0.15, -0.1) is 24.8 Å². The number of hydrogen-bond acceptors (Lipinski definition) is 3. The Morgan fingerprint density at radius 3 is 2.45 bits per heavy atom. The van der Waals surface area contributed by atoms with Gasteiger partial charge in [0.2, 0.25) is 0 Å². The van der Waals surface area contributed by atoms with E-state index in [1.807, 2.05) is 41.3 Å². The van der Waals surface area contributed by atoms with E-state index >= 15 is 0 Å². The number of para-hydroxylation sites is 1. The maximum Gasteiger partial charge on any atom is 0.272 e. The number of amides is 1. The van der Waals surface area contributed by atoms with Crippen LogP contribution in [0.2, 0.25) is 0 Å². The molecule has 6 heteroatoms. The average molecular weight is 340 g/mol. The molecule has 2 aliphatic rings. The number of carbonyl (C=O) groups excluding carboxylic acids is 1. The Balaban J connectivity index is 0.000000882. The topological polar surface area (TPSA) is 45.2 Å². The molecule has 1 N–H and O–H groups in total. The number of aromatic nitrogens is 1. The Bertz CT molecular complexity index is 667. The molecular formula is C16H19Cl2N3O. The molecule has 0 unspecified atom stereocenters. The molecule has 0 spiro atoms. The molecule has 3 heterocycles. The van der Waals surface area contributed by atoms with Crippen molar-refractivity contribution in [2.75, 3.05) is 26.2 Å². The summed E-state index contributed by atoms with van der Waals surface area (Å²) in [4.78, 5) is 19.0. The molecule has 0 radical (unpaired) electrons. The van der Waals surface area contributed by atoms with E-state index in [1.54, 1.807) is 0 Å². The quantitative estimate of drug-likeness (QED) is 0.867. The van der Waals surface area contributed by atoms with E-state index in [2.05, 4.69) is 10.3 Å². The van der Waals surface area contributed by atoms with Gasteiger partial charge in [-0.3, -0.25) is 4.79 Å². The largest absolute Gasteiger partial charge is 0.337 e. The number of nitrogens with zero attached hydrogens (tertiary/aromatic N) is 2. The molecule has 22 heavy (non-hydrogen) atoms. The van der Waals surface area contributed by atoms with Crippen molar-refractivity contribution in [1.29, 1.82) is 0 Å². The molecule has 4 rings (SSSR count). The van der Waals surface area contributed by atoms with E-state index in [-0.39, 0.29) is 30.7 Å². The summed E-state index contributed by atoms with van der Waals surface area (Å²) in [5, 5.41) is 4.47. The minimum Gasteiger partial charge on any atom is -0.337 e. The Labute approximate surface area is 142 Å². The summed E-state index contributed by atoms with van der Waals surface area (Å²) in [7, 11) is 0. The van der Waals surface area contributed by atoms with Crippen molar-refractivity contribution in [3.63, 3.8) is 0 Å². The van der Waals surface area contributed by atoms with Crippen LogP contribution in [0.15, 0.2) is 36.4 Å². The number of benzene rings is 1. The van der Waals surface area contributed by atoms with Crippen molar-refractivity contribution in [3.8, 4) is 0 Å². The van der Waals surface area contributed by atoms with Crippen LogP contribution in [-0.4, -0.2) is 42.0 Å². The molecule has 0 aliphatic carbocycles. The lowest BCUT2D eigenvalue weighted by molar-refractivity contribution is 0.0776. The Hall–Kier alpha value is -1.36. The molecule has 1 aromatic carbocycles. The van der Waals surface area contributed by atoms with Crippen molar-refractivity contribution in [3.05, 3.63) is 42.1 Å². The Morgan fingerprint density at radius 2 is 1.73 bits per heavy atom. The van der Waals surface area contributed by atoms with Crippen LogP contribution in [0.25, 0.3) is 10.9 Å². The van der Waals surface area contributed by atoms with Crippen LogP contribution in [0, 0.1) is 11.8 Å². The number of pyridine rings is 1. The molecule has 0 saturated carbocycles. The van der Waals surface area contributed by atoms with Crippen LogP contribution >= 0.6 is 24.8 Å². The van der Waals surface area contributed by atoms with E-state index in [0.717, 1.165) is 37.1 Å². The Morgan fingerprint density at radius 1 is 1.05 bits per heavy atom. The predicted molar refractivity (Wildman–Crippen MR) is 92.0 cm³/mol. The highest BCUT2D eigenvalue weighted by Gasteiger charge is 2.38. The zero-order valence-electron chi connectivity index (χ0n) is 12.1. The number of hydrogen-bond donors (Lipinski definition) is 1. The zero-order valence-corrected chi connectivity index (χ0v) is 13.7. The van der Waals surface area contributed by atoms with Gasteiger partial charge >= 0.3 is 0 Å². The molecule has 2 saturated heterocycles. The van der Waals surface area contributed by atoms with E-state index < -0.39 is 0 Å². The summed E-state index contributed by atoms with van der Waals surface area (Å²) < 4.78 is 0. The lowest BCUT2D eigenvalue weighted by Crippen LogP contribution is -2.32. The number of likely N-dealkylation sites (tertiary alicyclic amines) is 1. The first-order chi connectivity index (χ1) is 9.81. The van der Waals surface area contributed by atoms with E-state index in [9.17, 15) is 4.79 Å². The molecular weight excluding hydrogens is 321 g/mol. The van der Waals surface area contributed by atoms with Gasteiger partial charge in [0.15, 0.2) is 0 Å². The second-order valence-corrected chi connectivity index (χ2v) is 5.78. The average Bonchev–Trinajstić information content (AvgIpc) is 3.07. The molecule has 0 bridgehead atoms. The molecule has 4 nitrogen and oxygen atoms in total. The van der Waals surface area contributed by atoms with E-state index in [4.69, 9.17) is 0 Å². The van der Waals surface area contributed by atoms with Crippen LogP contribution in [0.3, 0.4) is 0 Å². The van der Waals surface area contributed by atoms with E-state index in [0.29, 0.717) is 17.5 Å². The maximum atomic E-state index is 12.6. The molecule has 118 valence electrons. The number of nitrogens with one attached hydrogen (secondary N) is 1. The molecule has 2 aromatic rings. The monoisotopic (exact) mass is 339 g/mol. The SMILES string of the molecule is Cl.Cl.O=C(c1ccc2ccccc2n1)N1C[C@H]2CNC[C@H]2C1. The van der Waals surface area contributed by atoms with Gasteiger partial charge in [0.25, 0.3) is 5.91 Å². The highest BCUT2D eigenvalue weighted by Crippen LogP contribution is 2.27. The third-order valence-electron chi connectivity index (χ3n) is 4.49. The van der Waals surface area contributed by atoms with Gasteiger partial charge in [0, 0.05) is 31.6 Å². The van der Waals surface area contributed by atoms with Crippen molar-refractivity contribution in [2.45, 2.75) is 0 Å².